The van der Waals surface area contributed by atoms with Crippen LogP contribution in [0.3, 0.4) is 0 Å². The lowest BCUT2D eigenvalue weighted by molar-refractivity contribution is -0.124. The van der Waals surface area contributed by atoms with Gasteiger partial charge in [0.15, 0.2) is 0 Å². The third-order valence-electron chi connectivity index (χ3n) is 4.79. The van der Waals surface area contributed by atoms with E-state index in [9.17, 15) is 9.18 Å². The van der Waals surface area contributed by atoms with Crippen molar-refractivity contribution in [3.05, 3.63) is 95.8 Å². The molecule has 1 N–H and O–H groups in total. The Hall–Kier alpha value is -3.18. The zero-order valence-electron chi connectivity index (χ0n) is 17.0. The molecule has 0 bridgehead atoms. The summed E-state index contributed by atoms with van der Waals surface area (Å²) in [6.45, 7) is 2.77. The highest BCUT2D eigenvalue weighted by atomic mass is 19.1. The highest BCUT2D eigenvalue weighted by Crippen LogP contribution is 2.39. The first-order valence-electron chi connectivity index (χ1n) is 10.1. The zero-order valence-corrected chi connectivity index (χ0v) is 17.0. The molecule has 0 radical (unpaired) electrons. The maximum atomic E-state index is 13.1. The molecule has 4 nitrogen and oxygen atoms in total. The summed E-state index contributed by atoms with van der Waals surface area (Å²) in [5.41, 5.74) is 2.88. The van der Waals surface area contributed by atoms with E-state index in [0.717, 1.165) is 29.0 Å². The summed E-state index contributed by atoms with van der Waals surface area (Å²) in [7, 11) is 0. The van der Waals surface area contributed by atoms with E-state index < -0.39 is 0 Å². The molecule has 0 aliphatic carbocycles. The Bertz CT molecular complexity index is 925. The second kappa shape index (κ2) is 10.6. The van der Waals surface area contributed by atoms with Gasteiger partial charge in [0.1, 0.15) is 18.2 Å². The molecule has 1 amide bonds. The predicted octanol–water partition coefficient (Wildman–Crippen LogP) is 5.27. The molecule has 0 aromatic heterocycles. The molecular weight excluding hydrogens is 381 g/mol. The van der Waals surface area contributed by atoms with Gasteiger partial charge < -0.3 is 14.7 Å². The SMILES string of the molecule is CCCO.O=C1CC(c2ccc(OCc3ccccc3)cc2)N1c1ccc(F)cc1. The molecule has 1 saturated heterocycles. The van der Waals surface area contributed by atoms with Gasteiger partial charge in [0.2, 0.25) is 5.91 Å². The van der Waals surface area contributed by atoms with Gasteiger partial charge in [0.05, 0.1) is 12.5 Å². The van der Waals surface area contributed by atoms with Gasteiger partial charge in [-0.1, -0.05) is 49.4 Å². The van der Waals surface area contributed by atoms with Crippen molar-refractivity contribution in [3.8, 4) is 5.75 Å². The molecule has 0 spiro atoms. The molecule has 30 heavy (non-hydrogen) atoms. The standard InChI is InChI=1S/C22H18FNO2.C3H8O/c23-18-8-10-19(11-9-18)24-21(14-22(24)25)17-6-12-20(13-7-17)26-15-16-4-2-1-3-5-16;1-2-3-4/h1-13,21H,14-15H2;4H,2-3H2,1H3. The van der Waals surface area contributed by atoms with Crippen molar-refractivity contribution in [1.29, 1.82) is 0 Å². The van der Waals surface area contributed by atoms with Crippen molar-refractivity contribution in [3.63, 3.8) is 0 Å². The fourth-order valence-electron chi connectivity index (χ4n) is 3.14. The third-order valence-corrected chi connectivity index (χ3v) is 4.79. The van der Waals surface area contributed by atoms with E-state index in [2.05, 4.69) is 0 Å². The Labute approximate surface area is 176 Å². The molecule has 1 unspecified atom stereocenters. The van der Waals surface area contributed by atoms with E-state index in [4.69, 9.17) is 9.84 Å². The Morgan fingerprint density at radius 2 is 1.63 bits per heavy atom. The number of aliphatic hydroxyl groups excluding tert-OH is 1. The number of carbonyl (C=O) groups is 1. The van der Waals surface area contributed by atoms with E-state index in [1.807, 2.05) is 61.5 Å². The van der Waals surface area contributed by atoms with Gasteiger partial charge >= 0.3 is 0 Å². The van der Waals surface area contributed by atoms with Crippen molar-refractivity contribution in [2.75, 3.05) is 11.5 Å². The Balaban J connectivity index is 0.000000589. The van der Waals surface area contributed by atoms with Crippen molar-refractivity contribution in [2.45, 2.75) is 32.4 Å². The third kappa shape index (κ3) is 5.45. The number of nitrogens with zero attached hydrogens (tertiary/aromatic N) is 1. The van der Waals surface area contributed by atoms with Gasteiger partial charge in [-0.05, 0) is 53.9 Å². The van der Waals surface area contributed by atoms with Crippen LogP contribution in [0.1, 0.15) is 36.9 Å². The zero-order chi connectivity index (χ0) is 21.3. The molecule has 5 heteroatoms. The van der Waals surface area contributed by atoms with E-state index >= 15 is 0 Å². The van der Waals surface area contributed by atoms with Crippen LogP contribution in [-0.2, 0) is 11.4 Å². The van der Waals surface area contributed by atoms with Crippen molar-refractivity contribution in [2.24, 2.45) is 0 Å². The van der Waals surface area contributed by atoms with Crippen LogP contribution in [0.5, 0.6) is 5.75 Å². The van der Waals surface area contributed by atoms with Gasteiger partial charge in [0.25, 0.3) is 0 Å². The first kappa shape index (κ1) is 21.5. The molecule has 4 rings (SSSR count). The van der Waals surface area contributed by atoms with Gasteiger partial charge in [-0.2, -0.15) is 0 Å². The lowest BCUT2D eigenvalue weighted by Crippen LogP contribution is -2.46. The monoisotopic (exact) mass is 407 g/mol. The molecule has 156 valence electrons. The summed E-state index contributed by atoms with van der Waals surface area (Å²) in [6, 6.07) is 23.8. The number of hydrogen-bond donors (Lipinski definition) is 1. The number of aliphatic hydroxyl groups is 1. The van der Waals surface area contributed by atoms with E-state index in [0.29, 0.717) is 19.6 Å². The summed E-state index contributed by atoms with van der Waals surface area (Å²) in [6.07, 6.45) is 1.33. The minimum atomic E-state index is -0.307. The summed E-state index contributed by atoms with van der Waals surface area (Å²) < 4.78 is 18.9. The topological polar surface area (TPSA) is 49.8 Å². The fraction of sp³-hybridized carbons (Fsp3) is 0.240. The van der Waals surface area contributed by atoms with Crippen LogP contribution in [0.4, 0.5) is 10.1 Å². The normalized spacial score (nSPS) is 15.1. The number of anilines is 1. The van der Waals surface area contributed by atoms with Crippen LogP contribution in [0.25, 0.3) is 0 Å². The van der Waals surface area contributed by atoms with Crippen LogP contribution < -0.4 is 9.64 Å². The quantitative estimate of drug-likeness (QED) is 0.566. The van der Waals surface area contributed by atoms with E-state index in [-0.39, 0.29) is 17.8 Å². The fourth-order valence-corrected chi connectivity index (χ4v) is 3.14. The van der Waals surface area contributed by atoms with Gasteiger partial charge in [-0.15, -0.1) is 0 Å². The number of benzene rings is 3. The molecule has 1 aliphatic rings. The minimum absolute atomic E-state index is 0.0175. The first-order valence-corrected chi connectivity index (χ1v) is 10.1. The van der Waals surface area contributed by atoms with Gasteiger partial charge in [0, 0.05) is 12.3 Å². The average Bonchev–Trinajstić information content (AvgIpc) is 2.79. The van der Waals surface area contributed by atoms with E-state index in [1.165, 1.54) is 12.1 Å². The number of carbonyl (C=O) groups excluding carboxylic acids is 1. The highest BCUT2D eigenvalue weighted by molar-refractivity contribution is 6.01. The number of amides is 1. The average molecular weight is 407 g/mol. The second-order valence-corrected chi connectivity index (χ2v) is 7.03. The van der Waals surface area contributed by atoms with Crippen molar-refractivity contribution >= 4 is 11.6 Å². The number of β-lactam (4-membered cyclic amide) rings is 1. The number of halogens is 1. The van der Waals surface area contributed by atoms with Crippen LogP contribution in [-0.4, -0.2) is 17.6 Å². The van der Waals surface area contributed by atoms with Crippen LogP contribution in [0, 0.1) is 5.82 Å². The molecule has 3 aromatic rings. The Morgan fingerprint density at radius 3 is 2.20 bits per heavy atom. The lowest BCUT2D eigenvalue weighted by Gasteiger charge is -2.40. The summed E-state index contributed by atoms with van der Waals surface area (Å²) >= 11 is 0. The van der Waals surface area contributed by atoms with Crippen LogP contribution >= 0.6 is 0 Å². The van der Waals surface area contributed by atoms with Gasteiger partial charge in [-0.25, -0.2) is 4.39 Å². The smallest absolute Gasteiger partial charge is 0.230 e. The maximum Gasteiger partial charge on any atom is 0.230 e. The van der Waals surface area contributed by atoms with Crippen molar-refractivity contribution < 1.29 is 19.0 Å². The molecule has 0 saturated carbocycles. The largest absolute Gasteiger partial charge is 0.489 e. The molecule has 1 heterocycles. The molecule has 1 aliphatic heterocycles. The predicted molar refractivity (Wildman–Crippen MR) is 116 cm³/mol. The van der Waals surface area contributed by atoms with Crippen LogP contribution in [0.2, 0.25) is 0 Å². The first-order chi connectivity index (χ1) is 14.6. The van der Waals surface area contributed by atoms with Crippen LogP contribution in [0.15, 0.2) is 78.9 Å². The van der Waals surface area contributed by atoms with E-state index in [1.54, 1.807) is 17.0 Å². The molecular formula is C25H26FNO3. The second-order valence-electron chi connectivity index (χ2n) is 7.03. The molecule has 3 aromatic carbocycles. The van der Waals surface area contributed by atoms with Crippen molar-refractivity contribution in [1.82, 2.24) is 0 Å². The summed E-state index contributed by atoms with van der Waals surface area (Å²) in [5, 5.41) is 7.88. The highest BCUT2D eigenvalue weighted by Gasteiger charge is 2.38. The summed E-state index contributed by atoms with van der Waals surface area (Å²) in [4.78, 5) is 13.7. The van der Waals surface area contributed by atoms with Gasteiger partial charge in [-0.3, -0.25) is 4.79 Å². The maximum absolute atomic E-state index is 13.1. The lowest BCUT2D eigenvalue weighted by atomic mass is 9.93. The Kier molecular flexibility index (Phi) is 7.57. The summed E-state index contributed by atoms with van der Waals surface area (Å²) in [5.74, 6) is 0.529. The molecule has 1 fully saturated rings. The Morgan fingerprint density at radius 1 is 1.00 bits per heavy atom. The number of hydrogen-bond acceptors (Lipinski definition) is 3. The minimum Gasteiger partial charge on any atom is -0.489 e. The molecule has 1 atom stereocenters. The number of rotatable bonds is 6. The number of ether oxygens (including phenoxy) is 1.